The Labute approximate surface area is 74.1 Å². The Morgan fingerprint density at radius 1 is 1.44 bits per heavy atom. The van der Waals surface area contributed by atoms with Gasteiger partial charge in [-0.3, -0.25) is 0 Å². The zero-order valence-corrected chi connectivity index (χ0v) is 7.90. The number of hydrogen-bond donors (Lipinski definition) is 0. The van der Waals surface area contributed by atoms with Crippen LogP contribution in [0.5, 0.6) is 0 Å². The quantitative estimate of drug-likeness (QED) is 0.479. The van der Waals surface area contributed by atoms with Crippen LogP contribution in [0.1, 0.15) is 0 Å². The highest BCUT2D eigenvalue weighted by Crippen LogP contribution is 2.13. The third-order valence-corrected chi connectivity index (χ3v) is 3.21. The molecule has 0 amide bonds. The minimum atomic E-state index is 0.843. The van der Waals surface area contributed by atoms with Crippen LogP contribution >= 0.6 is 34.2 Å². The first-order valence-electron chi connectivity index (χ1n) is 2.62. The van der Waals surface area contributed by atoms with Gasteiger partial charge in [0, 0.05) is 3.57 Å². The molecule has 1 aromatic rings. The van der Waals surface area contributed by atoms with Crippen LogP contribution in [-0.4, -0.2) is 7.85 Å². The molecule has 1 aromatic carbocycles. The van der Waals surface area contributed by atoms with Gasteiger partial charge in [0.05, 0.1) is 5.02 Å². The first kappa shape index (κ1) is 7.41. The standard InChI is InChI=1S/C6H5BClI/c7-4-2-1-3-5(8)6(4)9/h1-3H,7H2. The summed E-state index contributed by atoms with van der Waals surface area (Å²) < 4.78 is 1.15. The van der Waals surface area contributed by atoms with Crippen molar-refractivity contribution in [3.05, 3.63) is 26.8 Å². The van der Waals surface area contributed by atoms with Crippen LogP contribution in [0, 0.1) is 3.57 Å². The Balaban J connectivity index is 3.25. The molecule has 0 heterocycles. The van der Waals surface area contributed by atoms with Gasteiger partial charge in [-0.2, -0.15) is 0 Å². The summed E-state index contributed by atoms with van der Waals surface area (Å²) in [5, 5.41) is 0.843. The lowest BCUT2D eigenvalue weighted by Crippen LogP contribution is -2.05. The normalized spacial score (nSPS) is 9.56. The van der Waals surface area contributed by atoms with Crippen molar-refractivity contribution in [3.8, 4) is 0 Å². The van der Waals surface area contributed by atoms with E-state index in [9.17, 15) is 0 Å². The largest absolute Gasteiger partial charge is 0.140 e. The Bertz CT molecular complexity index is 204. The highest BCUT2D eigenvalue weighted by Gasteiger charge is 1.95. The predicted octanol–water partition coefficient (Wildman–Crippen LogP) is 1.20. The second-order valence-corrected chi connectivity index (χ2v) is 3.36. The summed E-state index contributed by atoms with van der Waals surface area (Å²) in [6, 6.07) is 5.91. The van der Waals surface area contributed by atoms with Crippen molar-refractivity contribution in [1.82, 2.24) is 0 Å². The average molecular weight is 250 g/mol. The SMILES string of the molecule is Bc1cccc(Cl)c1I. The molecule has 0 saturated carbocycles. The third kappa shape index (κ3) is 1.61. The molecule has 9 heavy (non-hydrogen) atoms. The van der Waals surface area contributed by atoms with Gasteiger partial charge in [-0.05, 0) is 28.7 Å². The summed E-state index contributed by atoms with van der Waals surface area (Å²) in [5.41, 5.74) is 1.24. The molecule has 0 fully saturated rings. The van der Waals surface area contributed by atoms with Crippen molar-refractivity contribution >= 4 is 47.5 Å². The van der Waals surface area contributed by atoms with Gasteiger partial charge in [-0.1, -0.05) is 29.2 Å². The fourth-order valence-electron chi connectivity index (χ4n) is 0.612. The molecular weight excluding hydrogens is 245 g/mol. The van der Waals surface area contributed by atoms with E-state index in [0.717, 1.165) is 8.59 Å². The fourth-order valence-corrected chi connectivity index (χ4v) is 1.19. The second-order valence-electron chi connectivity index (χ2n) is 1.87. The van der Waals surface area contributed by atoms with Crippen LogP contribution < -0.4 is 5.46 Å². The highest BCUT2D eigenvalue weighted by molar-refractivity contribution is 14.1. The van der Waals surface area contributed by atoms with Gasteiger partial charge in [0.2, 0.25) is 0 Å². The Hall–Kier alpha value is 0.305. The summed E-state index contributed by atoms with van der Waals surface area (Å²) in [4.78, 5) is 0. The van der Waals surface area contributed by atoms with E-state index in [0.29, 0.717) is 0 Å². The topological polar surface area (TPSA) is 0 Å². The van der Waals surface area contributed by atoms with E-state index in [2.05, 4.69) is 22.6 Å². The minimum absolute atomic E-state index is 0.843. The third-order valence-electron chi connectivity index (χ3n) is 1.14. The van der Waals surface area contributed by atoms with E-state index in [4.69, 9.17) is 11.6 Å². The van der Waals surface area contributed by atoms with Crippen LogP contribution in [0.2, 0.25) is 5.02 Å². The van der Waals surface area contributed by atoms with Crippen molar-refractivity contribution < 1.29 is 0 Å². The molecule has 3 heteroatoms. The number of hydrogen-bond acceptors (Lipinski definition) is 0. The predicted molar refractivity (Wildman–Crippen MR) is 52.3 cm³/mol. The number of halogens is 2. The summed E-state index contributed by atoms with van der Waals surface area (Å²) in [6.07, 6.45) is 0. The van der Waals surface area contributed by atoms with Crippen molar-refractivity contribution in [2.24, 2.45) is 0 Å². The van der Waals surface area contributed by atoms with E-state index in [1.807, 2.05) is 26.0 Å². The van der Waals surface area contributed by atoms with E-state index in [1.54, 1.807) is 0 Å². The van der Waals surface area contributed by atoms with Crippen LogP contribution in [0.3, 0.4) is 0 Å². The van der Waals surface area contributed by atoms with Crippen molar-refractivity contribution in [3.63, 3.8) is 0 Å². The zero-order chi connectivity index (χ0) is 6.85. The zero-order valence-electron chi connectivity index (χ0n) is 4.99. The molecule has 0 saturated heterocycles. The van der Waals surface area contributed by atoms with Crippen LogP contribution in [0.4, 0.5) is 0 Å². The first-order chi connectivity index (χ1) is 4.22. The molecule has 1 rings (SSSR count). The van der Waals surface area contributed by atoms with Gasteiger partial charge in [0.25, 0.3) is 0 Å². The fraction of sp³-hybridized carbons (Fsp3) is 0. The van der Waals surface area contributed by atoms with Gasteiger partial charge in [-0.15, -0.1) is 0 Å². The molecule has 46 valence electrons. The van der Waals surface area contributed by atoms with Crippen LogP contribution in [-0.2, 0) is 0 Å². The molecule has 0 aliphatic rings. The Kier molecular flexibility index (Phi) is 2.41. The smallest absolute Gasteiger partial charge is 0.0832 e. The van der Waals surface area contributed by atoms with E-state index < -0.39 is 0 Å². The molecule has 0 atom stereocenters. The molecule has 0 nitrogen and oxygen atoms in total. The summed E-state index contributed by atoms with van der Waals surface area (Å²) in [5.74, 6) is 0. The second kappa shape index (κ2) is 2.93. The van der Waals surface area contributed by atoms with Crippen molar-refractivity contribution in [2.45, 2.75) is 0 Å². The maximum Gasteiger partial charge on any atom is 0.140 e. The average Bonchev–Trinajstić information content (AvgIpc) is 1.83. The monoisotopic (exact) mass is 250 g/mol. The Morgan fingerprint density at radius 3 is 2.56 bits per heavy atom. The molecule has 0 aromatic heterocycles. The number of benzene rings is 1. The highest BCUT2D eigenvalue weighted by atomic mass is 127. The number of rotatable bonds is 0. The molecule has 0 unspecified atom stereocenters. The first-order valence-corrected chi connectivity index (χ1v) is 4.08. The lowest BCUT2D eigenvalue weighted by Gasteiger charge is -1.97. The minimum Gasteiger partial charge on any atom is -0.0832 e. The van der Waals surface area contributed by atoms with E-state index in [1.165, 1.54) is 5.46 Å². The van der Waals surface area contributed by atoms with Gasteiger partial charge in [0.1, 0.15) is 7.85 Å². The summed E-state index contributed by atoms with van der Waals surface area (Å²) in [7, 11) is 2.05. The molecule has 0 aliphatic heterocycles. The summed E-state index contributed by atoms with van der Waals surface area (Å²) >= 11 is 8.04. The van der Waals surface area contributed by atoms with E-state index in [-0.39, 0.29) is 0 Å². The lowest BCUT2D eigenvalue weighted by molar-refractivity contribution is 1.71. The van der Waals surface area contributed by atoms with Gasteiger partial charge in [0.15, 0.2) is 0 Å². The van der Waals surface area contributed by atoms with E-state index >= 15 is 0 Å². The molecule has 0 bridgehead atoms. The molecule has 0 radical (unpaired) electrons. The maximum atomic E-state index is 5.81. The molecule has 0 aliphatic carbocycles. The lowest BCUT2D eigenvalue weighted by atomic mass is 9.97. The Morgan fingerprint density at radius 2 is 2.11 bits per heavy atom. The molecule has 0 N–H and O–H groups in total. The maximum absolute atomic E-state index is 5.81. The van der Waals surface area contributed by atoms with Crippen LogP contribution in [0.15, 0.2) is 18.2 Å². The van der Waals surface area contributed by atoms with Crippen molar-refractivity contribution in [1.29, 1.82) is 0 Å². The molecule has 0 spiro atoms. The van der Waals surface area contributed by atoms with Gasteiger partial charge >= 0.3 is 0 Å². The van der Waals surface area contributed by atoms with Crippen LogP contribution in [0.25, 0.3) is 0 Å². The summed E-state index contributed by atoms with van der Waals surface area (Å²) in [6.45, 7) is 0. The molecular formula is C6H5BClI. The van der Waals surface area contributed by atoms with Crippen molar-refractivity contribution in [2.75, 3.05) is 0 Å². The van der Waals surface area contributed by atoms with Gasteiger partial charge in [-0.25, -0.2) is 0 Å². The van der Waals surface area contributed by atoms with Gasteiger partial charge < -0.3 is 0 Å².